The van der Waals surface area contributed by atoms with Crippen LogP contribution in [0.1, 0.15) is 38.3 Å². The molecule has 0 aliphatic carbocycles. The van der Waals surface area contributed by atoms with E-state index in [-0.39, 0.29) is 11.7 Å². The molecule has 3 N–H and O–H groups in total. The maximum atomic E-state index is 14.3. The Bertz CT molecular complexity index is 543. The van der Waals surface area contributed by atoms with Crippen molar-refractivity contribution in [3.8, 4) is 0 Å². The number of carbonyl (C=O) groups excluding carboxylic acids is 1. The smallest absolute Gasteiger partial charge is 0.242 e. The number of hydrogen-bond donors (Lipinski definition) is 2. The lowest BCUT2D eigenvalue weighted by Gasteiger charge is -2.35. The van der Waals surface area contributed by atoms with Crippen molar-refractivity contribution in [3.05, 3.63) is 35.6 Å². The lowest BCUT2D eigenvalue weighted by Crippen LogP contribution is -2.52. The first-order valence-electron chi connectivity index (χ1n) is 8.63. The highest BCUT2D eigenvalue weighted by atomic mass is 19.1. The Kier molecular flexibility index (Phi) is 6.71. The Morgan fingerprint density at radius 1 is 1.33 bits per heavy atom. The van der Waals surface area contributed by atoms with Gasteiger partial charge in [-0.3, -0.25) is 9.69 Å². The van der Waals surface area contributed by atoms with Crippen molar-refractivity contribution in [1.82, 2.24) is 10.2 Å². The number of nitrogens with zero attached hydrogens (tertiary/aromatic N) is 1. The van der Waals surface area contributed by atoms with Gasteiger partial charge in [0.25, 0.3) is 0 Å². The SMILES string of the molecule is CCC(N)(CC)CNC(=O)C(c1ccccc1F)N1CCOCC1. The van der Waals surface area contributed by atoms with Gasteiger partial charge < -0.3 is 15.8 Å². The summed E-state index contributed by atoms with van der Waals surface area (Å²) in [6.07, 6.45) is 1.54. The van der Waals surface area contributed by atoms with Crippen LogP contribution in [0.3, 0.4) is 0 Å². The standard InChI is InChI=1S/C18H28FN3O2/c1-3-18(20,4-2)13-21-17(23)16(22-9-11-24-12-10-22)14-7-5-6-8-15(14)19/h5-8,16H,3-4,9-13,20H2,1-2H3,(H,21,23). The zero-order valence-electron chi connectivity index (χ0n) is 14.6. The molecule has 1 amide bonds. The van der Waals surface area contributed by atoms with Gasteiger partial charge in [0.15, 0.2) is 0 Å². The van der Waals surface area contributed by atoms with Crippen LogP contribution in [0.5, 0.6) is 0 Å². The van der Waals surface area contributed by atoms with Crippen molar-refractivity contribution in [3.63, 3.8) is 0 Å². The molecule has 2 rings (SSSR count). The summed E-state index contributed by atoms with van der Waals surface area (Å²) in [4.78, 5) is 14.8. The monoisotopic (exact) mass is 337 g/mol. The van der Waals surface area contributed by atoms with Crippen LogP contribution in [0.2, 0.25) is 0 Å². The first-order valence-corrected chi connectivity index (χ1v) is 8.63. The average molecular weight is 337 g/mol. The molecule has 0 radical (unpaired) electrons. The van der Waals surface area contributed by atoms with Crippen LogP contribution in [0.4, 0.5) is 4.39 Å². The van der Waals surface area contributed by atoms with Crippen LogP contribution in [0.25, 0.3) is 0 Å². The van der Waals surface area contributed by atoms with Gasteiger partial charge in [0, 0.05) is 30.7 Å². The molecule has 1 fully saturated rings. The predicted molar refractivity (Wildman–Crippen MR) is 92.0 cm³/mol. The fourth-order valence-electron chi connectivity index (χ4n) is 2.90. The van der Waals surface area contributed by atoms with E-state index < -0.39 is 11.6 Å². The molecule has 1 aliphatic rings. The van der Waals surface area contributed by atoms with Crippen molar-refractivity contribution in [2.24, 2.45) is 5.73 Å². The summed E-state index contributed by atoms with van der Waals surface area (Å²) >= 11 is 0. The van der Waals surface area contributed by atoms with E-state index in [2.05, 4.69) is 5.32 Å². The maximum Gasteiger partial charge on any atom is 0.242 e. The van der Waals surface area contributed by atoms with Gasteiger partial charge >= 0.3 is 0 Å². The van der Waals surface area contributed by atoms with Crippen LogP contribution in [-0.2, 0) is 9.53 Å². The number of carbonyl (C=O) groups is 1. The Morgan fingerprint density at radius 2 is 1.96 bits per heavy atom. The molecule has 134 valence electrons. The topological polar surface area (TPSA) is 67.6 Å². The molecule has 1 heterocycles. The minimum Gasteiger partial charge on any atom is -0.379 e. The van der Waals surface area contributed by atoms with E-state index in [1.165, 1.54) is 6.07 Å². The third-order valence-electron chi connectivity index (χ3n) is 4.88. The summed E-state index contributed by atoms with van der Waals surface area (Å²) in [5.41, 5.74) is 6.24. The van der Waals surface area contributed by atoms with Crippen molar-refractivity contribution < 1.29 is 13.9 Å². The molecule has 1 aromatic carbocycles. The highest BCUT2D eigenvalue weighted by Gasteiger charge is 2.32. The van der Waals surface area contributed by atoms with Crippen molar-refractivity contribution >= 4 is 5.91 Å². The molecule has 1 aromatic rings. The van der Waals surface area contributed by atoms with Crippen molar-refractivity contribution in [2.75, 3.05) is 32.8 Å². The van der Waals surface area contributed by atoms with Crippen LogP contribution in [0, 0.1) is 5.82 Å². The number of benzene rings is 1. The third kappa shape index (κ3) is 4.53. The van der Waals surface area contributed by atoms with E-state index in [4.69, 9.17) is 10.5 Å². The number of morpholine rings is 1. The van der Waals surface area contributed by atoms with Gasteiger partial charge in [-0.15, -0.1) is 0 Å². The van der Waals surface area contributed by atoms with Gasteiger partial charge in [0.05, 0.1) is 13.2 Å². The van der Waals surface area contributed by atoms with Crippen LogP contribution in [0.15, 0.2) is 24.3 Å². The summed E-state index contributed by atoms with van der Waals surface area (Å²) in [6.45, 7) is 6.68. The Hall–Kier alpha value is -1.50. The third-order valence-corrected chi connectivity index (χ3v) is 4.88. The van der Waals surface area contributed by atoms with Crippen molar-refractivity contribution in [1.29, 1.82) is 0 Å². The van der Waals surface area contributed by atoms with Gasteiger partial charge in [-0.05, 0) is 18.9 Å². The molecule has 1 atom stereocenters. The Labute approximate surface area is 143 Å². The minimum atomic E-state index is -0.659. The first-order chi connectivity index (χ1) is 11.5. The van der Waals surface area contributed by atoms with Gasteiger partial charge in [-0.25, -0.2) is 4.39 Å². The molecule has 0 spiro atoms. The van der Waals surface area contributed by atoms with Crippen LogP contribution >= 0.6 is 0 Å². The molecule has 1 saturated heterocycles. The van der Waals surface area contributed by atoms with E-state index in [1.807, 2.05) is 18.7 Å². The second-order valence-corrected chi connectivity index (χ2v) is 6.36. The molecule has 0 aromatic heterocycles. The van der Waals surface area contributed by atoms with Crippen LogP contribution < -0.4 is 11.1 Å². The van der Waals surface area contributed by atoms with E-state index in [9.17, 15) is 9.18 Å². The molecule has 5 nitrogen and oxygen atoms in total. The van der Waals surface area contributed by atoms with E-state index >= 15 is 0 Å². The second kappa shape index (κ2) is 8.55. The molecule has 0 bridgehead atoms. The van der Waals surface area contributed by atoms with Gasteiger partial charge in [0.2, 0.25) is 5.91 Å². The largest absolute Gasteiger partial charge is 0.379 e. The Morgan fingerprint density at radius 3 is 2.54 bits per heavy atom. The molecular weight excluding hydrogens is 309 g/mol. The molecule has 1 unspecified atom stereocenters. The van der Waals surface area contributed by atoms with Gasteiger partial charge in [-0.2, -0.15) is 0 Å². The average Bonchev–Trinajstić information content (AvgIpc) is 2.62. The summed E-state index contributed by atoms with van der Waals surface area (Å²) < 4.78 is 19.7. The van der Waals surface area contributed by atoms with E-state index in [0.29, 0.717) is 38.4 Å². The number of hydrogen-bond acceptors (Lipinski definition) is 4. The normalized spacial score (nSPS) is 17.5. The fraction of sp³-hybridized carbons (Fsp3) is 0.611. The van der Waals surface area contributed by atoms with E-state index in [0.717, 1.165) is 12.8 Å². The predicted octanol–water partition coefficient (Wildman–Crippen LogP) is 1.83. The highest BCUT2D eigenvalue weighted by Crippen LogP contribution is 2.25. The number of halogens is 1. The molecule has 24 heavy (non-hydrogen) atoms. The number of ether oxygens (including phenoxy) is 1. The zero-order chi connectivity index (χ0) is 17.6. The van der Waals surface area contributed by atoms with E-state index in [1.54, 1.807) is 18.2 Å². The lowest BCUT2D eigenvalue weighted by atomic mass is 9.94. The quantitative estimate of drug-likeness (QED) is 0.797. The number of amides is 1. The number of rotatable bonds is 7. The molecule has 6 heteroatoms. The Balaban J connectivity index is 2.19. The highest BCUT2D eigenvalue weighted by molar-refractivity contribution is 5.83. The van der Waals surface area contributed by atoms with Crippen LogP contribution in [-0.4, -0.2) is 49.2 Å². The molecule has 0 saturated carbocycles. The summed E-state index contributed by atoms with van der Waals surface area (Å²) in [5, 5.41) is 2.94. The summed E-state index contributed by atoms with van der Waals surface area (Å²) in [5.74, 6) is -0.576. The fourth-order valence-corrected chi connectivity index (χ4v) is 2.90. The zero-order valence-corrected chi connectivity index (χ0v) is 14.6. The maximum absolute atomic E-state index is 14.3. The minimum absolute atomic E-state index is 0.210. The van der Waals surface area contributed by atoms with Gasteiger partial charge in [0.1, 0.15) is 11.9 Å². The molecule has 1 aliphatic heterocycles. The lowest BCUT2D eigenvalue weighted by molar-refractivity contribution is -0.129. The first kappa shape index (κ1) is 18.8. The summed E-state index contributed by atoms with van der Waals surface area (Å²) in [7, 11) is 0. The number of nitrogens with two attached hydrogens (primary N) is 1. The number of nitrogens with one attached hydrogen (secondary N) is 1. The van der Waals surface area contributed by atoms with Crippen molar-refractivity contribution in [2.45, 2.75) is 38.3 Å². The van der Waals surface area contributed by atoms with Gasteiger partial charge in [-0.1, -0.05) is 32.0 Å². The second-order valence-electron chi connectivity index (χ2n) is 6.36. The molecular formula is C18H28FN3O2. The summed E-state index contributed by atoms with van der Waals surface area (Å²) in [6, 6.07) is 5.79.